The summed E-state index contributed by atoms with van der Waals surface area (Å²) in [6.45, 7) is 9.63. The minimum Gasteiger partial charge on any atom is -0.244 e. The normalized spacial score (nSPS) is 18.3. The van der Waals surface area contributed by atoms with Gasteiger partial charge in [-0.2, -0.15) is 0 Å². The summed E-state index contributed by atoms with van der Waals surface area (Å²) in [4.78, 5) is 10.9. The van der Waals surface area contributed by atoms with Crippen molar-refractivity contribution in [3.63, 3.8) is 0 Å². The average molecular weight is 697 g/mol. The van der Waals surface area contributed by atoms with E-state index >= 15 is 0 Å². The van der Waals surface area contributed by atoms with Gasteiger partial charge >= 0.3 is 0 Å². The van der Waals surface area contributed by atoms with Crippen molar-refractivity contribution in [1.29, 1.82) is 0 Å². The lowest BCUT2D eigenvalue weighted by Gasteiger charge is -2.25. The molecule has 5 aromatic carbocycles. The number of hydrogen-bond donors (Lipinski definition) is 0. The molecule has 10 rings (SSSR count). The highest BCUT2D eigenvalue weighted by Gasteiger charge is 2.45. The number of nitrogens with zero attached hydrogens (tertiary/aromatic N) is 2. The van der Waals surface area contributed by atoms with Crippen LogP contribution in [0.15, 0.2) is 157 Å². The van der Waals surface area contributed by atoms with Crippen LogP contribution in [0, 0.1) is 0 Å². The SMILES string of the molecule is CC1(C)C2=CC=CCC2c2cc3c(cc21)-c1cc(-c2ccc(-c4nc(-c5ccccc5)c(C5=CC=CCC5)nc4-c4ccccc4)cc2)ccc1C3(C)C. The van der Waals surface area contributed by atoms with Gasteiger partial charge in [-0.15, -0.1) is 0 Å². The summed E-state index contributed by atoms with van der Waals surface area (Å²) >= 11 is 0. The van der Waals surface area contributed by atoms with Gasteiger partial charge in [0.2, 0.25) is 0 Å². The highest BCUT2D eigenvalue weighted by atomic mass is 14.9. The molecule has 2 nitrogen and oxygen atoms in total. The molecule has 4 aliphatic carbocycles. The topological polar surface area (TPSA) is 25.8 Å². The molecular formula is C52H44N2. The van der Waals surface area contributed by atoms with Crippen molar-refractivity contribution in [1.82, 2.24) is 9.97 Å². The molecule has 0 radical (unpaired) electrons. The van der Waals surface area contributed by atoms with E-state index in [1.165, 1.54) is 50.1 Å². The molecule has 0 saturated heterocycles. The molecule has 6 aromatic rings. The number of rotatable bonds is 5. The highest BCUT2D eigenvalue weighted by Crippen LogP contribution is 2.58. The molecule has 0 aliphatic heterocycles. The van der Waals surface area contributed by atoms with Crippen LogP contribution in [-0.4, -0.2) is 9.97 Å². The maximum atomic E-state index is 5.49. The zero-order valence-corrected chi connectivity index (χ0v) is 31.5. The van der Waals surface area contributed by atoms with Crippen molar-refractivity contribution >= 4 is 5.57 Å². The summed E-state index contributed by atoms with van der Waals surface area (Å²) in [7, 11) is 0. The third kappa shape index (κ3) is 5.07. The number of fused-ring (bicyclic) bond motifs is 6. The van der Waals surface area contributed by atoms with E-state index in [9.17, 15) is 0 Å². The Labute approximate surface area is 319 Å². The molecule has 54 heavy (non-hydrogen) atoms. The molecule has 0 spiro atoms. The highest BCUT2D eigenvalue weighted by molar-refractivity contribution is 5.88. The minimum atomic E-state index is -0.0533. The van der Waals surface area contributed by atoms with E-state index in [1.807, 2.05) is 0 Å². The van der Waals surface area contributed by atoms with E-state index in [0.717, 1.165) is 58.7 Å². The van der Waals surface area contributed by atoms with E-state index in [2.05, 4.69) is 179 Å². The van der Waals surface area contributed by atoms with E-state index in [1.54, 1.807) is 5.57 Å². The minimum absolute atomic E-state index is 0.0323. The van der Waals surface area contributed by atoms with E-state index in [-0.39, 0.29) is 10.8 Å². The fourth-order valence-corrected chi connectivity index (χ4v) is 9.62. The molecule has 2 heteroatoms. The first-order valence-electron chi connectivity index (χ1n) is 19.5. The van der Waals surface area contributed by atoms with Crippen molar-refractivity contribution in [2.24, 2.45) is 0 Å². The molecule has 1 heterocycles. The maximum absolute atomic E-state index is 5.49. The first-order valence-corrected chi connectivity index (χ1v) is 19.5. The standard InChI is InChI=1S/C52H44N2/c1-51(2)43-23-15-14-22-39(43)41-31-46-42(32-45(41)51)40-30-38(28-29-44(40)52(46,3)4)33-24-26-37(27-25-33)50-49(36-20-12-7-13-21-36)53-47(34-16-8-5-9-17-34)48(54-50)35-18-10-6-11-19-35/h5-8,10-16,18-21,23-32,39H,9,17,22H2,1-4H3. The first-order chi connectivity index (χ1) is 26.3. The van der Waals surface area contributed by atoms with Crippen LogP contribution in [0.1, 0.15) is 80.8 Å². The zero-order chi connectivity index (χ0) is 36.6. The number of benzene rings is 5. The van der Waals surface area contributed by atoms with Gasteiger partial charge < -0.3 is 0 Å². The molecule has 1 unspecified atom stereocenters. The molecule has 0 fully saturated rings. The van der Waals surface area contributed by atoms with Gasteiger partial charge in [-0.05, 0) is 81.5 Å². The molecule has 262 valence electrons. The molecule has 0 N–H and O–H groups in total. The van der Waals surface area contributed by atoms with Crippen LogP contribution in [0.4, 0.5) is 0 Å². The Morgan fingerprint density at radius 1 is 0.500 bits per heavy atom. The number of allylic oxidation sites excluding steroid dienone is 8. The van der Waals surface area contributed by atoms with Gasteiger partial charge in [-0.1, -0.05) is 173 Å². The lowest BCUT2D eigenvalue weighted by molar-refractivity contribution is 0.612. The Morgan fingerprint density at radius 3 is 1.78 bits per heavy atom. The van der Waals surface area contributed by atoms with Gasteiger partial charge in [0.05, 0.1) is 22.8 Å². The number of hydrogen-bond acceptors (Lipinski definition) is 2. The van der Waals surface area contributed by atoms with Crippen LogP contribution in [-0.2, 0) is 10.8 Å². The molecule has 0 bridgehead atoms. The van der Waals surface area contributed by atoms with Crippen LogP contribution >= 0.6 is 0 Å². The first kappa shape index (κ1) is 32.8. The van der Waals surface area contributed by atoms with Gasteiger partial charge in [0.25, 0.3) is 0 Å². The predicted octanol–water partition coefficient (Wildman–Crippen LogP) is 13.4. The summed E-state index contributed by atoms with van der Waals surface area (Å²) < 4.78 is 0. The largest absolute Gasteiger partial charge is 0.244 e. The molecule has 0 saturated carbocycles. The van der Waals surface area contributed by atoms with Gasteiger partial charge in [0, 0.05) is 33.4 Å². The fourth-order valence-electron chi connectivity index (χ4n) is 9.62. The Morgan fingerprint density at radius 2 is 1.09 bits per heavy atom. The molecule has 4 aliphatic rings. The Kier molecular flexibility index (Phi) is 7.49. The van der Waals surface area contributed by atoms with Gasteiger partial charge in [0.15, 0.2) is 0 Å². The van der Waals surface area contributed by atoms with Crippen molar-refractivity contribution in [2.75, 3.05) is 0 Å². The van der Waals surface area contributed by atoms with E-state index < -0.39 is 0 Å². The van der Waals surface area contributed by atoms with Crippen molar-refractivity contribution in [3.8, 4) is 56.0 Å². The van der Waals surface area contributed by atoms with Gasteiger partial charge in [0.1, 0.15) is 0 Å². The van der Waals surface area contributed by atoms with Crippen molar-refractivity contribution in [2.45, 2.75) is 63.7 Å². The van der Waals surface area contributed by atoms with E-state index in [4.69, 9.17) is 9.97 Å². The van der Waals surface area contributed by atoms with Crippen molar-refractivity contribution < 1.29 is 0 Å². The Balaban J connectivity index is 1.07. The second kappa shape index (κ2) is 12.4. The number of aromatic nitrogens is 2. The summed E-state index contributed by atoms with van der Waals surface area (Å²) in [5, 5.41) is 0. The van der Waals surface area contributed by atoms with Crippen LogP contribution in [0.25, 0.3) is 61.6 Å². The summed E-state index contributed by atoms with van der Waals surface area (Å²) in [5.41, 5.74) is 20.8. The lowest BCUT2D eigenvalue weighted by atomic mass is 9.78. The van der Waals surface area contributed by atoms with Gasteiger partial charge in [-0.25, -0.2) is 9.97 Å². The Hall–Kier alpha value is -5.86. The van der Waals surface area contributed by atoms with Crippen LogP contribution in [0.3, 0.4) is 0 Å². The van der Waals surface area contributed by atoms with Gasteiger partial charge in [-0.3, -0.25) is 0 Å². The summed E-state index contributed by atoms with van der Waals surface area (Å²) in [5.74, 6) is 0.493. The molecule has 0 amide bonds. The second-order valence-electron chi connectivity index (χ2n) is 16.4. The quantitative estimate of drug-likeness (QED) is 0.179. The molecule has 1 aromatic heterocycles. The van der Waals surface area contributed by atoms with Crippen LogP contribution in [0.2, 0.25) is 0 Å². The van der Waals surface area contributed by atoms with Crippen LogP contribution < -0.4 is 0 Å². The average Bonchev–Trinajstić information content (AvgIpc) is 3.59. The predicted molar refractivity (Wildman–Crippen MR) is 225 cm³/mol. The lowest BCUT2D eigenvalue weighted by Crippen LogP contribution is -2.17. The summed E-state index contributed by atoms with van der Waals surface area (Å²) in [6, 6.07) is 42.2. The Bertz CT molecular complexity index is 2600. The smallest absolute Gasteiger partial charge is 0.0973 e. The monoisotopic (exact) mass is 696 g/mol. The van der Waals surface area contributed by atoms with Crippen molar-refractivity contribution in [3.05, 3.63) is 185 Å². The third-order valence-electron chi connectivity index (χ3n) is 12.6. The second-order valence-corrected chi connectivity index (χ2v) is 16.4. The van der Waals surface area contributed by atoms with E-state index in [0.29, 0.717) is 5.92 Å². The fraction of sp³-hybridized carbons (Fsp3) is 0.192. The van der Waals surface area contributed by atoms with Crippen LogP contribution in [0.5, 0.6) is 0 Å². The zero-order valence-electron chi connectivity index (χ0n) is 31.5. The maximum Gasteiger partial charge on any atom is 0.0973 e. The molecule has 1 atom stereocenters. The molecular weight excluding hydrogens is 653 g/mol. The summed E-state index contributed by atoms with van der Waals surface area (Å²) in [6.07, 6.45) is 16.6. The third-order valence-corrected chi connectivity index (χ3v) is 12.6.